The lowest BCUT2D eigenvalue weighted by molar-refractivity contribution is -0.113. The van der Waals surface area contributed by atoms with Crippen molar-refractivity contribution in [2.75, 3.05) is 17.6 Å². The summed E-state index contributed by atoms with van der Waals surface area (Å²) in [5, 5.41) is 13.0. The number of aromatic nitrogens is 3. The second kappa shape index (κ2) is 11.1. The van der Waals surface area contributed by atoms with Crippen LogP contribution in [0.15, 0.2) is 60.3 Å². The van der Waals surface area contributed by atoms with Crippen molar-refractivity contribution in [2.24, 2.45) is 0 Å². The van der Waals surface area contributed by atoms with Crippen LogP contribution >= 0.6 is 23.4 Å². The quantitative estimate of drug-likeness (QED) is 0.323. The van der Waals surface area contributed by atoms with Crippen LogP contribution in [0, 0.1) is 13.8 Å². The molecule has 2 aromatic carbocycles. The number of likely N-dealkylation sites (tertiary alicyclic amines) is 1. The van der Waals surface area contributed by atoms with Gasteiger partial charge < -0.3 is 14.8 Å². The average molecular weight is 510 g/mol. The third-order valence-corrected chi connectivity index (χ3v) is 7.02. The molecule has 1 aliphatic heterocycles. The van der Waals surface area contributed by atoms with Crippen molar-refractivity contribution >= 4 is 40.9 Å². The van der Waals surface area contributed by atoms with E-state index in [0.29, 0.717) is 34.7 Å². The van der Waals surface area contributed by atoms with Crippen LogP contribution < -0.4 is 5.32 Å². The number of anilines is 1. The first-order chi connectivity index (χ1) is 16.9. The van der Waals surface area contributed by atoms with Gasteiger partial charge in [0.2, 0.25) is 5.91 Å². The highest BCUT2D eigenvalue weighted by Gasteiger charge is 2.34. The number of benzene rings is 2. The molecule has 1 saturated heterocycles. The van der Waals surface area contributed by atoms with E-state index in [2.05, 4.69) is 28.2 Å². The molecule has 1 unspecified atom stereocenters. The SMILES string of the molecule is C=CCn1c(SCC(=O)Nc2cc(C)cc(C)c2)nnc1C1CCCN1C(=O)c1ccc(Cl)cc1. The minimum Gasteiger partial charge on any atom is -0.328 e. The highest BCUT2D eigenvalue weighted by atomic mass is 35.5. The summed E-state index contributed by atoms with van der Waals surface area (Å²) in [6, 6.07) is 12.7. The maximum Gasteiger partial charge on any atom is 0.254 e. The van der Waals surface area contributed by atoms with Crippen LogP contribution in [-0.2, 0) is 11.3 Å². The van der Waals surface area contributed by atoms with Crippen LogP contribution in [0.3, 0.4) is 0 Å². The van der Waals surface area contributed by atoms with E-state index in [1.165, 1.54) is 11.8 Å². The molecule has 2 amide bonds. The summed E-state index contributed by atoms with van der Waals surface area (Å²) in [6.07, 6.45) is 3.45. The van der Waals surface area contributed by atoms with Gasteiger partial charge in [-0.3, -0.25) is 9.59 Å². The van der Waals surface area contributed by atoms with Gasteiger partial charge in [0.15, 0.2) is 11.0 Å². The lowest BCUT2D eigenvalue weighted by atomic mass is 10.1. The van der Waals surface area contributed by atoms with E-state index in [4.69, 9.17) is 11.6 Å². The highest BCUT2D eigenvalue weighted by molar-refractivity contribution is 7.99. The number of thioether (sulfide) groups is 1. The van der Waals surface area contributed by atoms with Crippen LogP contribution in [0.1, 0.15) is 46.2 Å². The van der Waals surface area contributed by atoms with Gasteiger partial charge in [-0.15, -0.1) is 16.8 Å². The average Bonchev–Trinajstić information content (AvgIpc) is 3.44. The Bertz CT molecular complexity index is 1220. The van der Waals surface area contributed by atoms with E-state index < -0.39 is 0 Å². The van der Waals surface area contributed by atoms with E-state index in [0.717, 1.165) is 29.7 Å². The molecule has 1 aliphatic rings. The molecule has 35 heavy (non-hydrogen) atoms. The molecule has 1 atom stereocenters. The van der Waals surface area contributed by atoms with Crippen molar-refractivity contribution in [3.63, 3.8) is 0 Å². The summed E-state index contributed by atoms with van der Waals surface area (Å²) in [5.41, 5.74) is 3.56. The third kappa shape index (κ3) is 5.94. The van der Waals surface area contributed by atoms with Crippen LogP contribution in [0.5, 0.6) is 0 Å². The standard InChI is InChI=1S/C26H28ClN5O2S/c1-4-11-32-24(22-6-5-12-31(22)25(34)19-7-9-20(27)10-8-19)29-30-26(32)35-16-23(33)28-21-14-17(2)13-18(3)15-21/h4,7-10,13-15,22H,1,5-6,11-12,16H2,2-3H3,(H,28,33). The largest absolute Gasteiger partial charge is 0.328 e. The Balaban J connectivity index is 1.48. The zero-order valence-electron chi connectivity index (χ0n) is 19.8. The normalized spacial score (nSPS) is 15.3. The second-order valence-electron chi connectivity index (χ2n) is 8.62. The van der Waals surface area contributed by atoms with Crippen molar-refractivity contribution in [1.82, 2.24) is 19.7 Å². The van der Waals surface area contributed by atoms with Gasteiger partial charge in [-0.25, -0.2) is 0 Å². The third-order valence-electron chi connectivity index (χ3n) is 5.80. The van der Waals surface area contributed by atoms with Gasteiger partial charge in [0, 0.05) is 29.4 Å². The summed E-state index contributed by atoms with van der Waals surface area (Å²) in [4.78, 5) is 27.6. The molecule has 1 fully saturated rings. The number of amides is 2. The maximum atomic E-state index is 13.2. The van der Waals surface area contributed by atoms with Crippen LogP contribution in [0.2, 0.25) is 5.02 Å². The van der Waals surface area contributed by atoms with Gasteiger partial charge in [-0.2, -0.15) is 0 Å². The summed E-state index contributed by atoms with van der Waals surface area (Å²) in [7, 11) is 0. The Morgan fingerprint density at radius 1 is 1.17 bits per heavy atom. The highest BCUT2D eigenvalue weighted by Crippen LogP contribution is 2.34. The number of allylic oxidation sites excluding steroid dienone is 1. The monoisotopic (exact) mass is 509 g/mol. The van der Waals surface area contributed by atoms with Crippen molar-refractivity contribution in [2.45, 2.75) is 44.4 Å². The Labute approximate surface area is 214 Å². The number of carbonyl (C=O) groups excluding carboxylic acids is 2. The lowest BCUT2D eigenvalue weighted by Gasteiger charge is -2.24. The molecule has 0 saturated carbocycles. The Kier molecular flexibility index (Phi) is 7.93. The van der Waals surface area contributed by atoms with Crippen LogP contribution in [0.4, 0.5) is 5.69 Å². The molecular formula is C26H28ClN5O2S. The fraction of sp³-hybridized carbons (Fsp3) is 0.308. The van der Waals surface area contributed by atoms with Gasteiger partial charge >= 0.3 is 0 Å². The van der Waals surface area contributed by atoms with Crippen molar-refractivity contribution in [1.29, 1.82) is 0 Å². The molecule has 3 aromatic rings. The summed E-state index contributed by atoms with van der Waals surface area (Å²) < 4.78 is 1.94. The Morgan fingerprint density at radius 2 is 1.89 bits per heavy atom. The van der Waals surface area contributed by atoms with E-state index in [1.807, 2.05) is 35.4 Å². The fourth-order valence-electron chi connectivity index (χ4n) is 4.36. The topological polar surface area (TPSA) is 80.1 Å². The molecule has 0 bridgehead atoms. The number of rotatable bonds is 8. The van der Waals surface area contributed by atoms with Crippen molar-refractivity contribution in [3.05, 3.63) is 82.7 Å². The van der Waals surface area contributed by atoms with E-state index in [1.54, 1.807) is 30.3 Å². The van der Waals surface area contributed by atoms with E-state index in [-0.39, 0.29) is 23.6 Å². The maximum absolute atomic E-state index is 13.2. The van der Waals surface area contributed by atoms with Crippen LogP contribution in [-0.4, -0.2) is 43.8 Å². The predicted molar refractivity (Wildman–Crippen MR) is 140 cm³/mol. The molecule has 7 nitrogen and oxygen atoms in total. The molecule has 1 N–H and O–H groups in total. The van der Waals surface area contributed by atoms with Crippen LogP contribution in [0.25, 0.3) is 0 Å². The molecule has 0 radical (unpaired) electrons. The summed E-state index contributed by atoms with van der Waals surface area (Å²) >= 11 is 7.30. The number of carbonyl (C=O) groups is 2. The number of aryl methyl sites for hydroxylation is 2. The fourth-order valence-corrected chi connectivity index (χ4v) is 5.25. The Morgan fingerprint density at radius 3 is 2.57 bits per heavy atom. The molecule has 1 aromatic heterocycles. The molecule has 4 rings (SSSR count). The van der Waals surface area contributed by atoms with Gasteiger partial charge in [-0.05, 0) is 74.2 Å². The number of hydrogen-bond donors (Lipinski definition) is 1. The molecule has 0 spiro atoms. The second-order valence-corrected chi connectivity index (χ2v) is 10.00. The van der Waals surface area contributed by atoms with Gasteiger partial charge in [-0.1, -0.05) is 35.5 Å². The number of hydrogen-bond acceptors (Lipinski definition) is 5. The van der Waals surface area contributed by atoms with Gasteiger partial charge in [0.05, 0.1) is 11.8 Å². The number of halogens is 1. The number of nitrogens with zero attached hydrogens (tertiary/aromatic N) is 4. The minimum absolute atomic E-state index is 0.0562. The van der Waals surface area contributed by atoms with Gasteiger partial charge in [0.1, 0.15) is 0 Å². The minimum atomic E-state index is -0.191. The summed E-state index contributed by atoms with van der Waals surface area (Å²) in [5.74, 6) is 0.733. The molecule has 9 heteroatoms. The zero-order chi connectivity index (χ0) is 24.9. The molecule has 182 valence electrons. The van der Waals surface area contributed by atoms with E-state index >= 15 is 0 Å². The summed E-state index contributed by atoms with van der Waals surface area (Å²) in [6.45, 7) is 9.00. The lowest BCUT2D eigenvalue weighted by Crippen LogP contribution is -2.32. The van der Waals surface area contributed by atoms with E-state index in [9.17, 15) is 9.59 Å². The smallest absolute Gasteiger partial charge is 0.254 e. The van der Waals surface area contributed by atoms with Crippen molar-refractivity contribution in [3.8, 4) is 0 Å². The zero-order valence-corrected chi connectivity index (χ0v) is 21.4. The molecule has 0 aliphatic carbocycles. The predicted octanol–water partition coefficient (Wildman–Crippen LogP) is 5.44. The first kappa shape index (κ1) is 25.0. The van der Waals surface area contributed by atoms with Crippen molar-refractivity contribution < 1.29 is 9.59 Å². The first-order valence-electron chi connectivity index (χ1n) is 11.5. The van der Waals surface area contributed by atoms with Gasteiger partial charge in [0.25, 0.3) is 5.91 Å². The molecule has 2 heterocycles. The first-order valence-corrected chi connectivity index (χ1v) is 12.8. The number of nitrogens with one attached hydrogen (secondary N) is 1. The molecular weight excluding hydrogens is 482 g/mol. The Hall–Kier alpha value is -3.10.